The summed E-state index contributed by atoms with van der Waals surface area (Å²) in [6, 6.07) is 0. The van der Waals surface area contributed by atoms with E-state index in [0.29, 0.717) is 5.82 Å². The number of anilines is 2. The fourth-order valence-electron chi connectivity index (χ4n) is 1.52. The molecule has 0 amide bonds. The van der Waals surface area contributed by atoms with Crippen molar-refractivity contribution in [2.75, 3.05) is 17.6 Å². The lowest BCUT2D eigenvalue weighted by Crippen LogP contribution is -2.23. The fourth-order valence-corrected chi connectivity index (χ4v) is 1.52. The van der Waals surface area contributed by atoms with Gasteiger partial charge in [-0.15, -0.1) is 0 Å². The van der Waals surface area contributed by atoms with Crippen LogP contribution in [0.4, 0.5) is 11.6 Å². The van der Waals surface area contributed by atoms with Crippen molar-refractivity contribution in [2.24, 2.45) is 5.41 Å². The Morgan fingerprint density at radius 1 is 1.29 bits per heavy atom. The normalized spacial score (nSPS) is 11.5. The van der Waals surface area contributed by atoms with Crippen molar-refractivity contribution in [3.05, 3.63) is 11.9 Å². The lowest BCUT2D eigenvalue weighted by Gasteiger charge is -2.24. The van der Waals surface area contributed by atoms with E-state index in [1.165, 1.54) is 6.33 Å². The van der Waals surface area contributed by atoms with Crippen LogP contribution in [0.5, 0.6) is 0 Å². The first-order valence-corrected chi connectivity index (χ1v) is 6.33. The average molecular weight is 236 g/mol. The van der Waals surface area contributed by atoms with Crippen LogP contribution in [-0.2, 0) is 6.42 Å². The van der Waals surface area contributed by atoms with E-state index in [1.54, 1.807) is 0 Å². The van der Waals surface area contributed by atoms with Gasteiger partial charge in [0.05, 0.1) is 0 Å². The first-order valence-electron chi connectivity index (χ1n) is 6.33. The van der Waals surface area contributed by atoms with E-state index in [4.69, 9.17) is 5.73 Å². The number of nitrogens with two attached hydrogens (primary N) is 1. The third-order valence-corrected chi connectivity index (χ3v) is 3.17. The summed E-state index contributed by atoms with van der Waals surface area (Å²) in [7, 11) is 0. The molecule has 0 aliphatic rings. The maximum atomic E-state index is 5.89. The number of hydrogen-bond donors (Lipinski definition) is 2. The van der Waals surface area contributed by atoms with Gasteiger partial charge in [0.15, 0.2) is 0 Å². The summed E-state index contributed by atoms with van der Waals surface area (Å²) in [6.45, 7) is 9.71. The van der Waals surface area contributed by atoms with E-state index in [0.717, 1.165) is 37.2 Å². The maximum absolute atomic E-state index is 5.89. The lowest BCUT2D eigenvalue weighted by atomic mass is 9.90. The molecule has 0 aliphatic heterocycles. The summed E-state index contributed by atoms with van der Waals surface area (Å²) in [4.78, 5) is 8.34. The number of aromatic nitrogens is 2. The summed E-state index contributed by atoms with van der Waals surface area (Å²) in [5.74, 6) is 1.49. The Hall–Kier alpha value is -1.32. The van der Waals surface area contributed by atoms with Gasteiger partial charge in [-0.2, -0.15) is 0 Å². The van der Waals surface area contributed by atoms with Crippen LogP contribution in [0.1, 0.15) is 46.1 Å². The van der Waals surface area contributed by atoms with Crippen molar-refractivity contribution >= 4 is 11.6 Å². The molecule has 3 N–H and O–H groups in total. The lowest BCUT2D eigenvalue weighted by molar-refractivity contribution is 0.376. The average Bonchev–Trinajstić information content (AvgIpc) is 2.30. The molecule has 4 heteroatoms. The second-order valence-electron chi connectivity index (χ2n) is 5.21. The molecule has 0 saturated heterocycles. The summed E-state index contributed by atoms with van der Waals surface area (Å²) in [5, 5.41) is 3.40. The van der Waals surface area contributed by atoms with E-state index in [1.807, 2.05) is 0 Å². The Balaban J connectivity index is 2.80. The Kier molecular flexibility index (Phi) is 4.73. The van der Waals surface area contributed by atoms with Crippen molar-refractivity contribution < 1.29 is 0 Å². The van der Waals surface area contributed by atoms with Crippen LogP contribution in [0.2, 0.25) is 0 Å². The second-order valence-corrected chi connectivity index (χ2v) is 5.21. The largest absolute Gasteiger partial charge is 0.383 e. The molecule has 1 aromatic rings. The third kappa shape index (κ3) is 3.88. The Morgan fingerprint density at radius 3 is 2.59 bits per heavy atom. The van der Waals surface area contributed by atoms with Gasteiger partial charge in [-0.25, -0.2) is 9.97 Å². The molecular formula is C13H24N4. The van der Waals surface area contributed by atoms with Crippen LogP contribution in [0.3, 0.4) is 0 Å². The zero-order valence-electron chi connectivity index (χ0n) is 11.4. The minimum Gasteiger partial charge on any atom is -0.383 e. The molecule has 96 valence electrons. The maximum Gasteiger partial charge on any atom is 0.134 e. The molecule has 0 unspecified atom stereocenters. The second kappa shape index (κ2) is 5.84. The fraction of sp³-hybridized carbons (Fsp3) is 0.692. The van der Waals surface area contributed by atoms with Crippen molar-refractivity contribution in [2.45, 2.75) is 47.0 Å². The molecule has 1 heterocycles. The first-order chi connectivity index (χ1) is 8.00. The van der Waals surface area contributed by atoms with E-state index < -0.39 is 0 Å². The molecular weight excluding hydrogens is 212 g/mol. The predicted molar refractivity (Wildman–Crippen MR) is 73.0 cm³/mol. The topological polar surface area (TPSA) is 63.8 Å². The first kappa shape index (κ1) is 13.7. The van der Waals surface area contributed by atoms with Gasteiger partial charge in [-0.05, 0) is 18.3 Å². The molecule has 0 fully saturated rings. The van der Waals surface area contributed by atoms with Crippen LogP contribution in [0.25, 0.3) is 0 Å². The molecule has 0 radical (unpaired) electrons. The smallest absolute Gasteiger partial charge is 0.134 e. The Morgan fingerprint density at radius 2 is 2.00 bits per heavy atom. The predicted octanol–water partition coefficient (Wildman–Crippen LogP) is 2.86. The molecule has 0 atom stereocenters. The molecule has 0 saturated carbocycles. The van der Waals surface area contributed by atoms with Crippen molar-refractivity contribution in [1.29, 1.82) is 0 Å². The highest BCUT2D eigenvalue weighted by Crippen LogP contribution is 2.23. The minimum absolute atomic E-state index is 0.267. The number of nitrogens with zero attached hydrogens (tertiary/aromatic N) is 2. The SMILES string of the molecule is CCCc1c(N)ncnc1NCC(C)(C)CC. The zero-order chi connectivity index (χ0) is 12.9. The van der Waals surface area contributed by atoms with Crippen LogP contribution >= 0.6 is 0 Å². The van der Waals surface area contributed by atoms with E-state index in [9.17, 15) is 0 Å². The van der Waals surface area contributed by atoms with Gasteiger partial charge < -0.3 is 11.1 Å². The molecule has 17 heavy (non-hydrogen) atoms. The number of nitrogens with one attached hydrogen (secondary N) is 1. The molecule has 1 aromatic heterocycles. The summed E-state index contributed by atoms with van der Waals surface area (Å²) in [5.41, 5.74) is 7.20. The highest BCUT2D eigenvalue weighted by atomic mass is 15.0. The van der Waals surface area contributed by atoms with Crippen molar-refractivity contribution in [1.82, 2.24) is 9.97 Å². The Bertz CT molecular complexity index is 360. The van der Waals surface area contributed by atoms with Gasteiger partial charge in [0.1, 0.15) is 18.0 Å². The zero-order valence-corrected chi connectivity index (χ0v) is 11.4. The highest BCUT2D eigenvalue weighted by molar-refractivity contribution is 5.55. The van der Waals surface area contributed by atoms with Gasteiger partial charge in [0.25, 0.3) is 0 Å². The van der Waals surface area contributed by atoms with E-state index >= 15 is 0 Å². The molecule has 1 rings (SSSR count). The molecule has 0 spiro atoms. The van der Waals surface area contributed by atoms with E-state index in [-0.39, 0.29) is 5.41 Å². The van der Waals surface area contributed by atoms with Crippen LogP contribution in [0.15, 0.2) is 6.33 Å². The standard InChI is InChI=1S/C13H24N4/c1-5-7-10-11(14)16-9-17-12(10)15-8-13(3,4)6-2/h9H,5-8H2,1-4H3,(H3,14,15,16,17). The third-order valence-electron chi connectivity index (χ3n) is 3.17. The number of nitrogen functional groups attached to an aromatic ring is 1. The van der Waals surface area contributed by atoms with Crippen LogP contribution in [0, 0.1) is 5.41 Å². The molecule has 0 aliphatic carbocycles. The quantitative estimate of drug-likeness (QED) is 0.797. The van der Waals surface area contributed by atoms with Gasteiger partial charge in [-0.1, -0.05) is 34.1 Å². The summed E-state index contributed by atoms with van der Waals surface area (Å²) < 4.78 is 0. The van der Waals surface area contributed by atoms with Gasteiger partial charge in [-0.3, -0.25) is 0 Å². The number of hydrogen-bond acceptors (Lipinski definition) is 4. The van der Waals surface area contributed by atoms with E-state index in [2.05, 4.69) is 43.0 Å². The summed E-state index contributed by atoms with van der Waals surface area (Å²) in [6.07, 6.45) is 4.62. The number of rotatable bonds is 6. The summed E-state index contributed by atoms with van der Waals surface area (Å²) >= 11 is 0. The van der Waals surface area contributed by atoms with Crippen LogP contribution < -0.4 is 11.1 Å². The highest BCUT2D eigenvalue weighted by Gasteiger charge is 2.16. The minimum atomic E-state index is 0.267. The molecule has 0 aromatic carbocycles. The van der Waals surface area contributed by atoms with Crippen molar-refractivity contribution in [3.8, 4) is 0 Å². The van der Waals surface area contributed by atoms with Crippen molar-refractivity contribution in [3.63, 3.8) is 0 Å². The monoisotopic (exact) mass is 236 g/mol. The van der Waals surface area contributed by atoms with Gasteiger partial charge >= 0.3 is 0 Å². The van der Waals surface area contributed by atoms with Gasteiger partial charge in [0, 0.05) is 12.1 Å². The van der Waals surface area contributed by atoms with Gasteiger partial charge in [0.2, 0.25) is 0 Å². The molecule has 0 bridgehead atoms. The molecule has 4 nitrogen and oxygen atoms in total. The van der Waals surface area contributed by atoms with Crippen LogP contribution in [-0.4, -0.2) is 16.5 Å². The Labute approximate surface area is 104 Å².